The highest BCUT2D eigenvalue weighted by molar-refractivity contribution is 6.42. The minimum absolute atomic E-state index is 0.533. The summed E-state index contributed by atoms with van der Waals surface area (Å²) in [6, 6.07) is 5.43. The number of hydrogen-bond acceptors (Lipinski definition) is 3. The lowest BCUT2D eigenvalue weighted by atomic mass is 10.1. The largest absolute Gasteiger partial charge is 0.339 e. The van der Waals surface area contributed by atoms with Gasteiger partial charge in [0.1, 0.15) is 0 Å². The molecule has 0 aliphatic rings. The van der Waals surface area contributed by atoms with E-state index in [-0.39, 0.29) is 0 Å². The van der Waals surface area contributed by atoms with Crippen LogP contribution in [0.5, 0.6) is 0 Å². The minimum Gasteiger partial charge on any atom is -0.339 e. The summed E-state index contributed by atoms with van der Waals surface area (Å²) in [6.07, 6.45) is 0.567. The van der Waals surface area contributed by atoms with E-state index in [0.29, 0.717) is 28.2 Å². The van der Waals surface area contributed by atoms with Crippen molar-refractivity contribution in [3.63, 3.8) is 0 Å². The molecule has 2 aromatic rings. The quantitative estimate of drug-likeness (QED) is 0.812. The molecule has 5 heteroatoms. The number of rotatable bonds is 2. The van der Waals surface area contributed by atoms with E-state index in [0.717, 1.165) is 5.56 Å². The Morgan fingerprint density at radius 1 is 1.27 bits per heavy atom. The molecule has 0 N–H and O–H groups in total. The fourth-order valence-electron chi connectivity index (χ4n) is 1.24. The molecule has 1 aromatic carbocycles. The van der Waals surface area contributed by atoms with Crippen molar-refractivity contribution in [1.29, 1.82) is 0 Å². The first kappa shape index (κ1) is 10.5. The number of aryl methyl sites for hydroxylation is 1. The summed E-state index contributed by atoms with van der Waals surface area (Å²) in [7, 11) is 0. The normalized spacial score (nSPS) is 10.6. The second-order valence-electron chi connectivity index (χ2n) is 3.16. The predicted octanol–water partition coefficient (Wildman–Crippen LogP) is 3.28. The van der Waals surface area contributed by atoms with Crippen LogP contribution >= 0.6 is 23.2 Å². The van der Waals surface area contributed by atoms with Gasteiger partial charge < -0.3 is 4.52 Å². The smallest absolute Gasteiger partial charge is 0.231 e. The molecular formula is C10H8Cl2N2O. The molecule has 78 valence electrons. The van der Waals surface area contributed by atoms with Crippen molar-refractivity contribution in [1.82, 2.24) is 10.1 Å². The zero-order valence-electron chi connectivity index (χ0n) is 8.00. The summed E-state index contributed by atoms with van der Waals surface area (Å²) in [5, 5.41) is 4.78. The van der Waals surface area contributed by atoms with Gasteiger partial charge in [-0.05, 0) is 24.6 Å². The second-order valence-corrected chi connectivity index (χ2v) is 3.97. The molecule has 2 rings (SSSR count). The average molecular weight is 243 g/mol. The van der Waals surface area contributed by atoms with Crippen molar-refractivity contribution in [2.45, 2.75) is 13.3 Å². The predicted molar refractivity (Wildman–Crippen MR) is 58.3 cm³/mol. The summed E-state index contributed by atoms with van der Waals surface area (Å²) in [4.78, 5) is 4.10. The van der Waals surface area contributed by atoms with Crippen molar-refractivity contribution < 1.29 is 4.52 Å². The highest BCUT2D eigenvalue weighted by Gasteiger charge is 2.05. The van der Waals surface area contributed by atoms with E-state index in [4.69, 9.17) is 27.7 Å². The molecule has 0 spiro atoms. The van der Waals surface area contributed by atoms with Gasteiger partial charge in [0.15, 0.2) is 5.82 Å². The summed E-state index contributed by atoms with van der Waals surface area (Å²) in [6.45, 7) is 1.78. The molecule has 0 radical (unpaired) electrons. The van der Waals surface area contributed by atoms with Crippen molar-refractivity contribution in [3.05, 3.63) is 45.5 Å². The van der Waals surface area contributed by atoms with Crippen molar-refractivity contribution >= 4 is 23.2 Å². The number of nitrogens with zero attached hydrogens (tertiary/aromatic N) is 2. The first-order valence-corrected chi connectivity index (χ1v) is 5.14. The van der Waals surface area contributed by atoms with Gasteiger partial charge in [0.25, 0.3) is 0 Å². The number of hydrogen-bond donors (Lipinski definition) is 0. The first-order valence-electron chi connectivity index (χ1n) is 4.38. The van der Waals surface area contributed by atoms with Crippen LogP contribution in [0.2, 0.25) is 10.0 Å². The average Bonchev–Trinajstić information content (AvgIpc) is 2.58. The van der Waals surface area contributed by atoms with Crippen LogP contribution in [-0.4, -0.2) is 10.1 Å². The highest BCUT2D eigenvalue weighted by Crippen LogP contribution is 2.23. The Morgan fingerprint density at radius 2 is 2.07 bits per heavy atom. The van der Waals surface area contributed by atoms with Crippen LogP contribution in [-0.2, 0) is 6.42 Å². The molecule has 0 unspecified atom stereocenters. The zero-order chi connectivity index (χ0) is 10.8. The van der Waals surface area contributed by atoms with E-state index in [1.807, 2.05) is 6.07 Å². The van der Waals surface area contributed by atoms with E-state index in [9.17, 15) is 0 Å². The molecule has 3 nitrogen and oxygen atoms in total. The van der Waals surface area contributed by atoms with Crippen LogP contribution in [0.3, 0.4) is 0 Å². The second kappa shape index (κ2) is 4.21. The third-order valence-corrected chi connectivity index (χ3v) is 2.65. The van der Waals surface area contributed by atoms with Crippen LogP contribution in [0, 0.1) is 6.92 Å². The maximum Gasteiger partial charge on any atom is 0.231 e. The van der Waals surface area contributed by atoms with E-state index in [2.05, 4.69) is 10.1 Å². The van der Waals surface area contributed by atoms with Gasteiger partial charge in [-0.25, -0.2) is 0 Å². The van der Waals surface area contributed by atoms with Gasteiger partial charge in [0.2, 0.25) is 5.89 Å². The topological polar surface area (TPSA) is 38.9 Å². The molecule has 0 bridgehead atoms. The lowest BCUT2D eigenvalue weighted by Crippen LogP contribution is -1.88. The van der Waals surface area contributed by atoms with E-state index in [1.54, 1.807) is 19.1 Å². The van der Waals surface area contributed by atoms with Crippen molar-refractivity contribution in [2.24, 2.45) is 0 Å². The number of aromatic nitrogens is 2. The van der Waals surface area contributed by atoms with Crippen molar-refractivity contribution in [2.75, 3.05) is 0 Å². The van der Waals surface area contributed by atoms with E-state index < -0.39 is 0 Å². The van der Waals surface area contributed by atoms with Crippen LogP contribution in [0.4, 0.5) is 0 Å². The van der Waals surface area contributed by atoms with Gasteiger partial charge in [-0.3, -0.25) is 0 Å². The van der Waals surface area contributed by atoms with Gasteiger partial charge in [0.05, 0.1) is 16.5 Å². The summed E-state index contributed by atoms with van der Waals surface area (Å²) in [5.74, 6) is 1.20. The van der Waals surface area contributed by atoms with Gasteiger partial charge in [0, 0.05) is 0 Å². The zero-order valence-corrected chi connectivity index (χ0v) is 9.51. The fraction of sp³-hybridized carbons (Fsp3) is 0.200. The van der Waals surface area contributed by atoms with Crippen molar-refractivity contribution in [3.8, 4) is 0 Å². The Labute approximate surface area is 97.0 Å². The van der Waals surface area contributed by atoms with Gasteiger partial charge in [-0.15, -0.1) is 0 Å². The highest BCUT2D eigenvalue weighted by atomic mass is 35.5. The Hall–Kier alpha value is -1.06. The molecule has 15 heavy (non-hydrogen) atoms. The SMILES string of the molecule is Cc1noc(Cc2ccc(Cl)c(Cl)c2)n1. The van der Waals surface area contributed by atoms with E-state index in [1.165, 1.54) is 0 Å². The lowest BCUT2D eigenvalue weighted by Gasteiger charge is -1.99. The molecule has 0 amide bonds. The van der Waals surface area contributed by atoms with Crippen LogP contribution < -0.4 is 0 Å². The third kappa shape index (κ3) is 2.49. The monoisotopic (exact) mass is 242 g/mol. The summed E-state index contributed by atoms with van der Waals surface area (Å²) < 4.78 is 5.00. The first-order chi connectivity index (χ1) is 7.15. The molecule has 0 saturated carbocycles. The van der Waals surface area contributed by atoms with Crippen LogP contribution in [0.1, 0.15) is 17.3 Å². The molecule has 0 saturated heterocycles. The standard InChI is InChI=1S/C10H8Cl2N2O/c1-6-13-10(15-14-6)5-7-2-3-8(11)9(12)4-7/h2-4H,5H2,1H3. The van der Waals surface area contributed by atoms with E-state index >= 15 is 0 Å². The molecule has 0 atom stereocenters. The lowest BCUT2D eigenvalue weighted by molar-refractivity contribution is 0.381. The van der Waals surface area contributed by atoms with Crippen LogP contribution in [0.15, 0.2) is 22.7 Å². The Balaban J connectivity index is 2.21. The molecule has 0 aliphatic carbocycles. The number of halogens is 2. The summed E-state index contributed by atoms with van der Waals surface area (Å²) >= 11 is 11.7. The number of benzene rings is 1. The van der Waals surface area contributed by atoms with Gasteiger partial charge in [-0.1, -0.05) is 34.4 Å². The maximum absolute atomic E-state index is 5.89. The van der Waals surface area contributed by atoms with Gasteiger partial charge >= 0.3 is 0 Å². The Kier molecular flexibility index (Phi) is 2.93. The molecule has 0 aliphatic heterocycles. The van der Waals surface area contributed by atoms with Gasteiger partial charge in [-0.2, -0.15) is 4.98 Å². The fourth-order valence-corrected chi connectivity index (χ4v) is 1.56. The molecule has 1 heterocycles. The molecule has 1 aromatic heterocycles. The summed E-state index contributed by atoms with van der Waals surface area (Å²) in [5.41, 5.74) is 0.994. The Bertz CT molecular complexity index is 482. The Morgan fingerprint density at radius 3 is 2.67 bits per heavy atom. The van der Waals surface area contributed by atoms with Crippen LogP contribution in [0.25, 0.3) is 0 Å². The third-order valence-electron chi connectivity index (χ3n) is 1.91. The maximum atomic E-state index is 5.89. The molecular weight excluding hydrogens is 235 g/mol. The minimum atomic E-state index is 0.533. The molecule has 0 fully saturated rings.